The standard InChI is InChI=1S/C22H20F2N8O2/c1-31-9-7-12(21(31)33)18-10-16(30-34-18)14-5-3-4-13(27-14)15-6-8-25-22(28-15)29-17-11-26-32(2)19(17)20(23)24/h3-6,8,10-12,20H,7,9H2,1-2H3,(H,25,28,29). The quantitative estimate of drug-likeness (QED) is 0.459. The molecule has 0 radical (unpaired) electrons. The Hall–Kier alpha value is -4.22. The van der Waals surface area contributed by atoms with Gasteiger partial charge in [0.15, 0.2) is 0 Å². The molecule has 4 aromatic rings. The number of hydrogen-bond acceptors (Lipinski definition) is 8. The third-order valence-corrected chi connectivity index (χ3v) is 5.67. The smallest absolute Gasteiger partial charge is 0.282 e. The van der Waals surface area contributed by atoms with E-state index >= 15 is 0 Å². The van der Waals surface area contributed by atoms with Gasteiger partial charge in [-0.15, -0.1) is 0 Å². The van der Waals surface area contributed by atoms with Gasteiger partial charge in [0, 0.05) is 32.9 Å². The summed E-state index contributed by atoms with van der Waals surface area (Å²) in [7, 11) is 3.20. The summed E-state index contributed by atoms with van der Waals surface area (Å²) in [5.74, 6) is 0.313. The molecule has 174 valence electrons. The fourth-order valence-electron chi connectivity index (χ4n) is 3.86. The molecule has 1 aliphatic heterocycles. The third-order valence-electron chi connectivity index (χ3n) is 5.67. The molecule has 5 heterocycles. The summed E-state index contributed by atoms with van der Waals surface area (Å²) in [4.78, 5) is 27.1. The van der Waals surface area contributed by atoms with E-state index in [9.17, 15) is 13.6 Å². The predicted molar refractivity (Wildman–Crippen MR) is 117 cm³/mol. The Morgan fingerprint density at radius 2 is 1.88 bits per heavy atom. The molecule has 34 heavy (non-hydrogen) atoms. The number of aryl methyl sites for hydroxylation is 1. The highest BCUT2D eigenvalue weighted by atomic mass is 19.3. The lowest BCUT2D eigenvalue weighted by Gasteiger charge is -2.08. The first-order valence-electron chi connectivity index (χ1n) is 10.5. The molecular weight excluding hydrogens is 446 g/mol. The summed E-state index contributed by atoms with van der Waals surface area (Å²) in [6.45, 7) is 0.676. The Morgan fingerprint density at radius 3 is 2.62 bits per heavy atom. The van der Waals surface area contributed by atoms with Gasteiger partial charge in [-0.1, -0.05) is 11.2 Å². The van der Waals surface area contributed by atoms with Crippen molar-refractivity contribution in [1.29, 1.82) is 0 Å². The lowest BCUT2D eigenvalue weighted by Crippen LogP contribution is -2.21. The van der Waals surface area contributed by atoms with Crippen molar-refractivity contribution in [3.8, 4) is 22.8 Å². The molecule has 0 aromatic carbocycles. The number of amides is 1. The van der Waals surface area contributed by atoms with Gasteiger partial charge in [-0.25, -0.2) is 23.7 Å². The average Bonchev–Trinajstić information content (AvgIpc) is 3.54. The topological polar surface area (TPSA) is 115 Å². The van der Waals surface area contributed by atoms with E-state index in [0.717, 1.165) is 4.68 Å². The minimum atomic E-state index is -2.70. The van der Waals surface area contributed by atoms with E-state index in [1.165, 1.54) is 19.4 Å². The maximum absolute atomic E-state index is 13.3. The average molecular weight is 466 g/mol. The number of halogens is 2. The number of anilines is 2. The van der Waals surface area contributed by atoms with Gasteiger partial charge in [0.25, 0.3) is 6.43 Å². The Labute approximate surface area is 192 Å². The van der Waals surface area contributed by atoms with Crippen molar-refractivity contribution in [2.45, 2.75) is 18.8 Å². The van der Waals surface area contributed by atoms with Gasteiger partial charge in [-0.05, 0) is 24.6 Å². The van der Waals surface area contributed by atoms with Gasteiger partial charge in [0.2, 0.25) is 11.9 Å². The molecule has 1 saturated heterocycles. The maximum atomic E-state index is 13.3. The van der Waals surface area contributed by atoms with Crippen LogP contribution in [-0.2, 0) is 11.8 Å². The van der Waals surface area contributed by atoms with E-state index in [2.05, 4.69) is 30.5 Å². The number of aromatic nitrogens is 6. The second-order valence-corrected chi connectivity index (χ2v) is 7.88. The number of rotatable bonds is 6. The normalized spacial score (nSPS) is 16.0. The molecule has 1 N–H and O–H groups in total. The SMILES string of the molecule is CN1CCC(c2cc(-c3cccc(-c4ccnc(Nc5cnn(C)c5C(F)F)n4)n3)no2)C1=O. The van der Waals surface area contributed by atoms with Crippen LogP contribution in [0.25, 0.3) is 22.8 Å². The summed E-state index contributed by atoms with van der Waals surface area (Å²) in [6.07, 6.45) is 0.779. The molecule has 4 aromatic heterocycles. The zero-order chi connectivity index (χ0) is 23.8. The minimum absolute atomic E-state index is 0.00837. The number of alkyl halides is 2. The van der Waals surface area contributed by atoms with Crippen LogP contribution < -0.4 is 5.32 Å². The molecule has 1 amide bonds. The first-order valence-corrected chi connectivity index (χ1v) is 10.5. The van der Waals surface area contributed by atoms with Crippen LogP contribution in [0, 0.1) is 0 Å². The van der Waals surface area contributed by atoms with E-state index in [1.54, 1.807) is 42.3 Å². The van der Waals surface area contributed by atoms with Crippen LogP contribution in [0.1, 0.15) is 30.2 Å². The lowest BCUT2D eigenvalue weighted by molar-refractivity contribution is -0.128. The zero-order valence-electron chi connectivity index (χ0n) is 18.3. The monoisotopic (exact) mass is 466 g/mol. The van der Waals surface area contributed by atoms with E-state index < -0.39 is 6.43 Å². The van der Waals surface area contributed by atoms with Crippen LogP contribution in [0.3, 0.4) is 0 Å². The number of carbonyl (C=O) groups is 1. The number of hydrogen-bond donors (Lipinski definition) is 1. The van der Waals surface area contributed by atoms with Crippen molar-refractivity contribution in [2.24, 2.45) is 7.05 Å². The zero-order valence-corrected chi connectivity index (χ0v) is 18.3. The molecule has 12 heteroatoms. The van der Waals surface area contributed by atoms with Crippen LogP contribution in [0.2, 0.25) is 0 Å². The first kappa shape index (κ1) is 21.6. The predicted octanol–water partition coefficient (Wildman–Crippen LogP) is 3.55. The van der Waals surface area contributed by atoms with Crippen LogP contribution >= 0.6 is 0 Å². The molecule has 0 bridgehead atoms. The highest BCUT2D eigenvalue weighted by molar-refractivity contribution is 5.85. The minimum Gasteiger partial charge on any atom is -0.360 e. The van der Waals surface area contributed by atoms with Crippen molar-refractivity contribution in [2.75, 3.05) is 18.9 Å². The van der Waals surface area contributed by atoms with Gasteiger partial charge >= 0.3 is 0 Å². The highest BCUT2D eigenvalue weighted by Crippen LogP contribution is 2.31. The Morgan fingerprint density at radius 1 is 1.12 bits per heavy atom. The molecule has 10 nitrogen and oxygen atoms in total. The highest BCUT2D eigenvalue weighted by Gasteiger charge is 2.33. The number of nitrogens with zero attached hydrogens (tertiary/aromatic N) is 7. The molecule has 0 saturated carbocycles. The van der Waals surface area contributed by atoms with E-state index in [-0.39, 0.29) is 29.2 Å². The molecule has 1 atom stereocenters. The molecular formula is C22H20F2N8O2. The summed E-state index contributed by atoms with van der Waals surface area (Å²) in [5.41, 5.74) is 1.93. The van der Waals surface area contributed by atoms with Crippen molar-refractivity contribution in [1.82, 2.24) is 34.8 Å². The van der Waals surface area contributed by atoms with Crippen molar-refractivity contribution in [3.05, 3.63) is 54.2 Å². The van der Waals surface area contributed by atoms with Gasteiger partial charge in [-0.2, -0.15) is 5.10 Å². The van der Waals surface area contributed by atoms with Gasteiger partial charge in [0.05, 0.1) is 29.0 Å². The van der Waals surface area contributed by atoms with Crippen LogP contribution in [0.5, 0.6) is 0 Å². The second-order valence-electron chi connectivity index (χ2n) is 7.88. The molecule has 1 aliphatic rings. The van der Waals surface area contributed by atoms with Crippen LogP contribution in [0.4, 0.5) is 20.4 Å². The van der Waals surface area contributed by atoms with Gasteiger partial charge in [-0.3, -0.25) is 9.48 Å². The lowest BCUT2D eigenvalue weighted by atomic mass is 10.0. The molecule has 5 rings (SSSR count). The fraction of sp³-hybridized carbons (Fsp3) is 0.273. The summed E-state index contributed by atoms with van der Waals surface area (Å²) < 4.78 is 33.2. The Balaban J connectivity index is 1.40. The fourth-order valence-corrected chi connectivity index (χ4v) is 3.86. The van der Waals surface area contributed by atoms with Crippen molar-refractivity contribution < 1.29 is 18.1 Å². The largest absolute Gasteiger partial charge is 0.360 e. The number of pyridine rings is 1. The third kappa shape index (κ3) is 3.98. The number of likely N-dealkylation sites (N-methyl/N-ethyl adjacent to an activating group) is 1. The molecule has 1 fully saturated rings. The van der Waals surface area contributed by atoms with Crippen LogP contribution in [0.15, 0.2) is 47.2 Å². The van der Waals surface area contributed by atoms with Crippen molar-refractivity contribution >= 4 is 17.5 Å². The maximum Gasteiger partial charge on any atom is 0.282 e. The first-order chi connectivity index (χ1) is 16.4. The molecule has 0 spiro atoms. The number of carbonyl (C=O) groups excluding carboxylic acids is 1. The van der Waals surface area contributed by atoms with Crippen LogP contribution in [-0.4, -0.2) is 54.3 Å². The van der Waals surface area contributed by atoms with E-state index in [0.29, 0.717) is 41.5 Å². The van der Waals surface area contributed by atoms with E-state index in [4.69, 9.17) is 4.52 Å². The summed E-state index contributed by atoms with van der Waals surface area (Å²) in [6, 6.07) is 8.73. The summed E-state index contributed by atoms with van der Waals surface area (Å²) in [5, 5.41) is 10.8. The molecule has 0 aliphatic carbocycles. The van der Waals surface area contributed by atoms with Gasteiger partial charge in [0.1, 0.15) is 23.1 Å². The number of likely N-dealkylation sites (tertiary alicyclic amines) is 1. The van der Waals surface area contributed by atoms with Gasteiger partial charge < -0.3 is 14.7 Å². The molecule has 1 unspecified atom stereocenters. The Bertz CT molecular complexity index is 1350. The van der Waals surface area contributed by atoms with E-state index in [1.807, 2.05) is 0 Å². The summed E-state index contributed by atoms with van der Waals surface area (Å²) >= 11 is 0. The number of nitrogens with one attached hydrogen (secondary N) is 1. The second kappa shape index (κ2) is 8.61. The Kier molecular flexibility index (Phi) is 5.48. The van der Waals surface area contributed by atoms with Crippen molar-refractivity contribution in [3.63, 3.8) is 0 Å².